The Labute approximate surface area is 167 Å². The van der Waals surface area contributed by atoms with Crippen LogP contribution < -0.4 is 5.73 Å². The van der Waals surface area contributed by atoms with Gasteiger partial charge in [-0.15, -0.1) is 0 Å². The van der Waals surface area contributed by atoms with Crippen LogP contribution in [0.3, 0.4) is 0 Å². The van der Waals surface area contributed by atoms with Crippen LogP contribution in [-0.4, -0.2) is 25.9 Å². The summed E-state index contributed by atoms with van der Waals surface area (Å²) in [6.45, 7) is 0.721. The number of H-pyrrole nitrogens is 1. The molecule has 1 atom stereocenters. The third-order valence-corrected chi connectivity index (χ3v) is 5.54. The fourth-order valence-electron chi connectivity index (χ4n) is 3.97. The van der Waals surface area contributed by atoms with E-state index in [-0.39, 0.29) is 12.5 Å². The summed E-state index contributed by atoms with van der Waals surface area (Å²) >= 11 is 0. The van der Waals surface area contributed by atoms with Crippen molar-refractivity contribution < 1.29 is 9.90 Å². The molecule has 1 aliphatic heterocycles. The lowest BCUT2D eigenvalue weighted by Gasteiger charge is -2.35. The molecule has 1 radical (unpaired) electrons. The van der Waals surface area contributed by atoms with Gasteiger partial charge in [-0.25, -0.2) is 4.98 Å². The first-order valence-corrected chi connectivity index (χ1v) is 9.39. The zero-order valence-corrected chi connectivity index (χ0v) is 15.6. The molecule has 29 heavy (non-hydrogen) atoms. The summed E-state index contributed by atoms with van der Waals surface area (Å²) in [7, 11) is 0. The average molecular weight is 383 g/mol. The number of imidazole rings is 1. The molecule has 0 spiro atoms. The van der Waals surface area contributed by atoms with E-state index in [0.717, 1.165) is 16.6 Å². The topological polar surface area (TPSA) is 95.2 Å². The summed E-state index contributed by atoms with van der Waals surface area (Å²) in [5.74, 6) is -0.209. The summed E-state index contributed by atoms with van der Waals surface area (Å²) in [6.07, 6.45) is 2.71. The third kappa shape index (κ3) is 2.65. The highest BCUT2D eigenvalue weighted by molar-refractivity contribution is 6.00. The van der Waals surface area contributed by atoms with E-state index in [1.54, 1.807) is 18.2 Å². The van der Waals surface area contributed by atoms with Crippen molar-refractivity contribution in [2.45, 2.75) is 18.8 Å². The lowest BCUT2D eigenvalue weighted by atomic mass is 9.93. The summed E-state index contributed by atoms with van der Waals surface area (Å²) in [5, 5.41) is 11.9. The first-order chi connectivity index (χ1) is 14.1. The van der Waals surface area contributed by atoms with Crippen molar-refractivity contribution in [1.29, 1.82) is 0 Å². The van der Waals surface area contributed by atoms with Gasteiger partial charge in [-0.3, -0.25) is 9.69 Å². The standard InChI is InChI=1S/C23H19N4O2/c24-12-15-5-7-16(8-6-15)13-27-22(28)18-3-1-2-4-19(18)23(27,29)17-9-10-20-21(11-17)26-14-25-20/h1-11,29H,12-13,24H2,(H,25,26). The second-order valence-corrected chi connectivity index (χ2v) is 7.21. The number of amides is 1. The molecule has 0 aliphatic carbocycles. The van der Waals surface area contributed by atoms with Crippen molar-refractivity contribution in [2.24, 2.45) is 5.73 Å². The zero-order chi connectivity index (χ0) is 20.0. The van der Waals surface area contributed by atoms with Crippen LogP contribution in [0.4, 0.5) is 0 Å². The number of benzene rings is 3. The Balaban J connectivity index is 1.64. The van der Waals surface area contributed by atoms with E-state index in [4.69, 9.17) is 5.73 Å². The van der Waals surface area contributed by atoms with Gasteiger partial charge in [0.05, 0.1) is 11.0 Å². The van der Waals surface area contributed by atoms with Crippen LogP contribution in [0.2, 0.25) is 0 Å². The average Bonchev–Trinajstić information content (AvgIpc) is 3.32. The second kappa shape index (κ2) is 6.55. The predicted molar refractivity (Wildman–Crippen MR) is 109 cm³/mol. The molecule has 0 fully saturated rings. The zero-order valence-electron chi connectivity index (χ0n) is 15.6. The number of nitrogens with two attached hydrogens (primary N) is 1. The minimum Gasteiger partial charge on any atom is -0.363 e. The molecule has 1 aliphatic rings. The maximum atomic E-state index is 13.2. The van der Waals surface area contributed by atoms with Crippen LogP contribution in [0.25, 0.3) is 11.0 Å². The Kier molecular flexibility index (Phi) is 3.97. The lowest BCUT2D eigenvalue weighted by molar-refractivity contribution is -0.0542. The van der Waals surface area contributed by atoms with Crippen molar-refractivity contribution >= 4 is 16.9 Å². The Morgan fingerprint density at radius 1 is 1.07 bits per heavy atom. The van der Waals surface area contributed by atoms with Crippen LogP contribution >= 0.6 is 0 Å². The van der Waals surface area contributed by atoms with Crippen LogP contribution in [0.1, 0.15) is 32.6 Å². The SMILES string of the molecule is NCc1ccc(CN2C(=O)c3ccccc3C2(O)c2ccc3[nH][c]nc3c2)cc1. The Bertz CT molecular complexity index is 1220. The summed E-state index contributed by atoms with van der Waals surface area (Å²) in [6, 6.07) is 20.4. The third-order valence-electron chi connectivity index (χ3n) is 5.54. The highest BCUT2D eigenvalue weighted by atomic mass is 16.3. The molecule has 4 aromatic rings. The van der Waals surface area contributed by atoms with Crippen LogP contribution in [0, 0.1) is 6.33 Å². The first kappa shape index (κ1) is 17.6. The Morgan fingerprint density at radius 2 is 1.83 bits per heavy atom. The van der Waals surface area contributed by atoms with Gasteiger partial charge in [0.15, 0.2) is 12.1 Å². The lowest BCUT2D eigenvalue weighted by Crippen LogP contribution is -2.44. The van der Waals surface area contributed by atoms with Crippen molar-refractivity contribution in [3.8, 4) is 0 Å². The van der Waals surface area contributed by atoms with E-state index >= 15 is 0 Å². The quantitative estimate of drug-likeness (QED) is 0.505. The van der Waals surface area contributed by atoms with E-state index in [1.165, 1.54) is 4.90 Å². The van der Waals surface area contributed by atoms with E-state index in [1.807, 2.05) is 48.5 Å². The maximum absolute atomic E-state index is 13.2. The molecule has 1 unspecified atom stereocenters. The fraction of sp³-hybridized carbons (Fsp3) is 0.130. The fourth-order valence-corrected chi connectivity index (χ4v) is 3.97. The van der Waals surface area contributed by atoms with Gasteiger partial charge in [0.2, 0.25) is 0 Å². The number of fused-ring (bicyclic) bond motifs is 2. The number of aromatic nitrogens is 2. The number of nitrogens with one attached hydrogen (secondary N) is 1. The first-order valence-electron chi connectivity index (χ1n) is 9.39. The molecule has 0 saturated heterocycles. The summed E-state index contributed by atoms with van der Waals surface area (Å²) < 4.78 is 0. The highest BCUT2D eigenvalue weighted by Crippen LogP contribution is 2.43. The molecule has 4 N–H and O–H groups in total. The molecule has 1 aromatic heterocycles. The Morgan fingerprint density at radius 3 is 2.62 bits per heavy atom. The number of nitrogens with zero attached hydrogens (tertiary/aromatic N) is 2. The van der Waals surface area contributed by atoms with Crippen LogP contribution in [0.5, 0.6) is 0 Å². The number of aliphatic hydroxyl groups is 1. The van der Waals surface area contributed by atoms with Gasteiger partial charge in [-0.05, 0) is 29.3 Å². The van der Waals surface area contributed by atoms with E-state index < -0.39 is 5.72 Å². The van der Waals surface area contributed by atoms with Gasteiger partial charge in [0.25, 0.3) is 5.91 Å². The number of aromatic amines is 1. The van der Waals surface area contributed by atoms with E-state index in [2.05, 4.69) is 16.3 Å². The molecule has 6 heteroatoms. The maximum Gasteiger partial charge on any atom is 0.257 e. The predicted octanol–water partition coefficient (Wildman–Crippen LogP) is 2.67. The van der Waals surface area contributed by atoms with Gasteiger partial charge < -0.3 is 15.8 Å². The molecular weight excluding hydrogens is 364 g/mol. The van der Waals surface area contributed by atoms with Gasteiger partial charge in [-0.1, -0.05) is 48.5 Å². The van der Waals surface area contributed by atoms with E-state index in [9.17, 15) is 9.90 Å². The molecule has 2 heterocycles. The van der Waals surface area contributed by atoms with Crippen molar-refractivity contribution in [3.05, 3.63) is 101 Å². The van der Waals surface area contributed by atoms with Gasteiger partial charge >= 0.3 is 0 Å². The largest absolute Gasteiger partial charge is 0.363 e. The molecule has 5 rings (SSSR count). The smallest absolute Gasteiger partial charge is 0.257 e. The number of hydrogen-bond acceptors (Lipinski definition) is 4. The number of hydrogen-bond donors (Lipinski definition) is 3. The highest BCUT2D eigenvalue weighted by Gasteiger charge is 2.49. The molecule has 1 amide bonds. The van der Waals surface area contributed by atoms with Crippen LogP contribution in [-0.2, 0) is 18.8 Å². The van der Waals surface area contributed by atoms with Gasteiger partial charge in [-0.2, -0.15) is 0 Å². The normalized spacial score (nSPS) is 18.4. The molecule has 0 bridgehead atoms. The number of rotatable bonds is 4. The van der Waals surface area contributed by atoms with Gasteiger partial charge in [0, 0.05) is 29.8 Å². The Hall–Kier alpha value is -3.48. The van der Waals surface area contributed by atoms with Crippen molar-refractivity contribution in [3.63, 3.8) is 0 Å². The molecule has 0 saturated carbocycles. The monoisotopic (exact) mass is 383 g/mol. The number of carbonyl (C=O) groups excluding carboxylic acids is 1. The van der Waals surface area contributed by atoms with E-state index in [0.29, 0.717) is 28.8 Å². The molecule has 143 valence electrons. The van der Waals surface area contributed by atoms with Crippen molar-refractivity contribution in [2.75, 3.05) is 0 Å². The van der Waals surface area contributed by atoms with Crippen LogP contribution in [0.15, 0.2) is 66.7 Å². The second-order valence-electron chi connectivity index (χ2n) is 7.21. The molecular formula is C23H19N4O2. The van der Waals surface area contributed by atoms with Crippen molar-refractivity contribution in [1.82, 2.24) is 14.9 Å². The molecule has 3 aromatic carbocycles. The van der Waals surface area contributed by atoms with Gasteiger partial charge in [0.1, 0.15) is 0 Å². The summed E-state index contributed by atoms with van der Waals surface area (Å²) in [4.78, 5) is 21.9. The minimum absolute atomic E-state index is 0.209. The summed E-state index contributed by atoms with van der Waals surface area (Å²) in [5.41, 5.74) is 9.18. The molecule has 6 nitrogen and oxygen atoms in total. The number of carbonyl (C=O) groups is 1. The minimum atomic E-state index is -1.59.